The second kappa shape index (κ2) is 31.9. The first-order valence-corrected chi connectivity index (χ1v) is 31.3. The lowest BCUT2D eigenvalue weighted by Crippen LogP contribution is -2.50. The SMILES string of the molecule is CN[C@@H](CCCNC(=O)OCc1ccccc1)C(=O)N[C@@H](Cc1cc(OCc2ccccc2)cc(-c2ccc(OCc3ccccc3)c(C[C@H](NC(=O)OCc3ccccc3)C(=O)OCC[Si](C)(C)C)c2)c1)C(=O)OCc1ccccc1. The molecule has 0 spiro atoms. The zero-order valence-corrected chi connectivity index (χ0v) is 48.1. The van der Waals surface area contributed by atoms with Crippen molar-refractivity contribution in [1.82, 2.24) is 21.3 Å². The van der Waals surface area contributed by atoms with E-state index >= 15 is 0 Å². The van der Waals surface area contributed by atoms with E-state index in [0.29, 0.717) is 46.6 Å². The molecule has 15 nitrogen and oxygen atoms in total. The molecule has 7 rings (SSSR count). The highest BCUT2D eigenvalue weighted by atomic mass is 28.3. The van der Waals surface area contributed by atoms with Crippen LogP contribution in [0, 0.1) is 0 Å². The van der Waals surface area contributed by atoms with Crippen LogP contribution in [0.5, 0.6) is 11.5 Å². The lowest BCUT2D eigenvalue weighted by Gasteiger charge is -2.23. The number of ether oxygens (including phenoxy) is 6. The summed E-state index contributed by atoms with van der Waals surface area (Å²) in [4.78, 5) is 68.6. The van der Waals surface area contributed by atoms with Gasteiger partial charge in [-0.25, -0.2) is 19.2 Å². The van der Waals surface area contributed by atoms with Crippen molar-refractivity contribution in [2.75, 3.05) is 20.2 Å². The van der Waals surface area contributed by atoms with Crippen molar-refractivity contribution < 1.29 is 52.4 Å². The number of nitrogens with one attached hydrogen (secondary N) is 4. The highest BCUT2D eigenvalue weighted by molar-refractivity contribution is 6.76. The topological polar surface area (TPSA) is 189 Å². The van der Waals surface area contributed by atoms with E-state index < -0.39 is 56.2 Å². The smallest absolute Gasteiger partial charge is 0.408 e. The van der Waals surface area contributed by atoms with Crippen LogP contribution in [0.15, 0.2) is 188 Å². The number of alkyl carbamates (subject to hydrolysis) is 2. The highest BCUT2D eigenvalue weighted by Gasteiger charge is 2.29. The van der Waals surface area contributed by atoms with Crippen molar-refractivity contribution in [2.45, 2.75) is 103 Å². The first-order valence-electron chi connectivity index (χ1n) is 27.6. The summed E-state index contributed by atoms with van der Waals surface area (Å²) < 4.78 is 35.7. The van der Waals surface area contributed by atoms with Gasteiger partial charge in [0.15, 0.2) is 0 Å². The van der Waals surface area contributed by atoms with E-state index in [1.165, 1.54) is 0 Å². The van der Waals surface area contributed by atoms with Gasteiger partial charge in [0.25, 0.3) is 0 Å². The Balaban J connectivity index is 1.18. The van der Waals surface area contributed by atoms with Gasteiger partial charge in [0.05, 0.1) is 12.6 Å². The van der Waals surface area contributed by atoms with Crippen LogP contribution in [-0.4, -0.2) is 76.4 Å². The fourth-order valence-electron chi connectivity index (χ4n) is 8.65. The van der Waals surface area contributed by atoms with Gasteiger partial charge in [-0.05, 0) is 100 Å². The second-order valence-electron chi connectivity index (χ2n) is 21.0. The third-order valence-corrected chi connectivity index (χ3v) is 14.9. The third kappa shape index (κ3) is 21.1. The summed E-state index contributed by atoms with van der Waals surface area (Å²) in [5.74, 6) is -0.733. The molecule has 0 unspecified atom stereocenters. The highest BCUT2D eigenvalue weighted by Crippen LogP contribution is 2.33. The Morgan fingerprint density at radius 3 is 1.51 bits per heavy atom. The molecule has 3 amide bonds. The quantitative estimate of drug-likeness (QED) is 0.0145. The van der Waals surface area contributed by atoms with Crippen molar-refractivity contribution in [3.8, 4) is 22.6 Å². The van der Waals surface area contributed by atoms with Crippen LogP contribution in [0.1, 0.15) is 51.8 Å². The fourth-order valence-corrected chi connectivity index (χ4v) is 9.37. The zero-order valence-electron chi connectivity index (χ0n) is 47.1. The summed E-state index contributed by atoms with van der Waals surface area (Å²) in [6.45, 7) is 7.59. The number of rotatable bonds is 30. The van der Waals surface area contributed by atoms with Gasteiger partial charge in [-0.1, -0.05) is 183 Å². The molecule has 0 aromatic heterocycles. The minimum absolute atomic E-state index is 0.00530. The van der Waals surface area contributed by atoms with E-state index in [1.54, 1.807) is 7.05 Å². The maximum atomic E-state index is 14.3. The average molecular weight is 1130 g/mol. The molecular weight excluding hydrogens is 1050 g/mol. The molecule has 7 aromatic carbocycles. The van der Waals surface area contributed by atoms with Crippen LogP contribution < -0.4 is 30.7 Å². The van der Waals surface area contributed by atoms with E-state index in [-0.39, 0.29) is 59.0 Å². The number of carbonyl (C=O) groups is 5. The first kappa shape index (κ1) is 60.9. The zero-order chi connectivity index (χ0) is 57.9. The maximum absolute atomic E-state index is 14.3. The van der Waals surface area contributed by atoms with Gasteiger partial charge in [-0.2, -0.15) is 0 Å². The fraction of sp³-hybridized carbons (Fsp3) is 0.288. The number of carbonyl (C=O) groups excluding carboxylic acids is 5. The largest absolute Gasteiger partial charge is 0.489 e. The molecule has 16 heteroatoms. The molecule has 0 aliphatic rings. The molecule has 0 bridgehead atoms. The van der Waals surface area contributed by atoms with Crippen LogP contribution >= 0.6 is 0 Å². The summed E-state index contributed by atoms with van der Waals surface area (Å²) in [6.07, 6.45) is -0.617. The van der Waals surface area contributed by atoms with Crippen molar-refractivity contribution in [1.29, 1.82) is 0 Å². The first-order chi connectivity index (χ1) is 39.8. The number of likely N-dealkylation sites (N-methyl/N-ethyl adjacent to an activating group) is 1. The normalized spacial score (nSPS) is 12.1. The van der Waals surface area contributed by atoms with Crippen molar-refractivity contribution in [2.24, 2.45) is 0 Å². The monoisotopic (exact) mass is 1130 g/mol. The van der Waals surface area contributed by atoms with E-state index in [1.807, 2.05) is 188 Å². The molecular formula is C66H74N4O11Si. The molecule has 0 saturated heterocycles. The van der Waals surface area contributed by atoms with Gasteiger partial charge in [0.1, 0.15) is 56.6 Å². The molecule has 4 N–H and O–H groups in total. The Morgan fingerprint density at radius 1 is 0.463 bits per heavy atom. The Morgan fingerprint density at radius 2 is 0.963 bits per heavy atom. The van der Waals surface area contributed by atoms with Crippen molar-refractivity contribution in [3.05, 3.63) is 227 Å². The van der Waals surface area contributed by atoms with Gasteiger partial charge in [-0.3, -0.25) is 4.79 Å². The number of benzene rings is 7. The molecule has 0 aliphatic heterocycles. The second-order valence-corrected chi connectivity index (χ2v) is 26.6. The Hall–Kier alpha value is -8.73. The van der Waals surface area contributed by atoms with Gasteiger partial charge in [0, 0.05) is 27.5 Å². The van der Waals surface area contributed by atoms with Crippen LogP contribution in [0.2, 0.25) is 25.7 Å². The average Bonchev–Trinajstić information content (AvgIpc) is 3.58. The lowest BCUT2D eigenvalue weighted by atomic mass is 9.95. The van der Waals surface area contributed by atoms with Gasteiger partial charge in [0.2, 0.25) is 5.91 Å². The summed E-state index contributed by atoms with van der Waals surface area (Å²) in [6, 6.07) is 56.3. The van der Waals surface area contributed by atoms with E-state index in [2.05, 4.69) is 40.9 Å². The summed E-state index contributed by atoms with van der Waals surface area (Å²) in [7, 11) is 0.0596. The van der Waals surface area contributed by atoms with Gasteiger partial charge >= 0.3 is 24.1 Å². The lowest BCUT2D eigenvalue weighted by molar-refractivity contribution is -0.149. The molecule has 82 heavy (non-hydrogen) atoms. The van der Waals surface area contributed by atoms with E-state index in [0.717, 1.165) is 33.9 Å². The molecule has 0 aliphatic carbocycles. The Labute approximate surface area is 482 Å². The van der Waals surface area contributed by atoms with Crippen LogP contribution in [-0.2, 0) is 79.2 Å². The summed E-state index contributed by atoms with van der Waals surface area (Å²) in [5.41, 5.74) is 6.89. The number of hydrogen-bond donors (Lipinski definition) is 4. The van der Waals surface area contributed by atoms with Crippen LogP contribution in [0.25, 0.3) is 11.1 Å². The Kier molecular flexibility index (Phi) is 23.7. The predicted octanol–water partition coefficient (Wildman–Crippen LogP) is 11.3. The molecule has 0 fully saturated rings. The van der Waals surface area contributed by atoms with Crippen LogP contribution in [0.3, 0.4) is 0 Å². The molecule has 3 atom stereocenters. The maximum Gasteiger partial charge on any atom is 0.408 e. The molecule has 0 saturated carbocycles. The third-order valence-electron chi connectivity index (χ3n) is 13.2. The minimum Gasteiger partial charge on any atom is -0.489 e. The van der Waals surface area contributed by atoms with Crippen LogP contribution in [0.4, 0.5) is 9.59 Å². The summed E-state index contributed by atoms with van der Waals surface area (Å²) >= 11 is 0. The van der Waals surface area contributed by atoms with E-state index in [4.69, 9.17) is 28.4 Å². The Bertz CT molecular complexity index is 3110. The number of amides is 3. The summed E-state index contributed by atoms with van der Waals surface area (Å²) in [5, 5.41) is 11.6. The molecule has 0 radical (unpaired) electrons. The molecule has 0 heterocycles. The molecule has 428 valence electrons. The standard InChI is InChI=1S/C66H74N4O11Si/c1-67-58(31-20-34-68-65(74)80-46-51-27-16-8-17-28-51)62(71)69-59(64(73)79-45-50-25-14-7-15-26-50)39-53-37-55(41-57(38-53)77-43-48-21-10-5-11-22-48)54-32-33-61(78-44-49-23-12-6-13-24-49)56(40-54)42-60(63(72)76-35-36-82(2,3)4)70-66(75)81-47-52-29-18-9-19-30-52/h5-19,21-30,32-33,37-38,40-41,58-60,67H,20,31,34-36,39,42-47H2,1-4H3,(H,68,74)(H,69,71)(H,70,75)/t58-,59-,60-/m0/s1. The minimum atomic E-state index is -1.60. The van der Waals surface area contributed by atoms with Crippen molar-refractivity contribution >= 4 is 38.1 Å². The number of hydrogen-bond acceptors (Lipinski definition) is 12. The predicted molar refractivity (Wildman–Crippen MR) is 318 cm³/mol. The molecule has 7 aromatic rings. The van der Waals surface area contributed by atoms with Crippen molar-refractivity contribution in [3.63, 3.8) is 0 Å². The van der Waals surface area contributed by atoms with Gasteiger partial charge in [-0.15, -0.1) is 0 Å². The van der Waals surface area contributed by atoms with E-state index in [9.17, 15) is 24.0 Å². The van der Waals surface area contributed by atoms with Gasteiger partial charge < -0.3 is 49.7 Å². The number of esters is 2.